The maximum Gasteiger partial charge on any atom is 0.0697 e. The minimum absolute atomic E-state index is 0.241. The van der Waals surface area contributed by atoms with Crippen LogP contribution in [0.5, 0.6) is 0 Å². The average molecular weight is 243 g/mol. The lowest BCUT2D eigenvalue weighted by Gasteiger charge is -2.38. The van der Waals surface area contributed by atoms with Gasteiger partial charge in [0, 0.05) is 38.4 Å². The zero-order chi connectivity index (χ0) is 13.0. The van der Waals surface area contributed by atoms with E-state index in [-0.39, 0.29) is 5.41 Å². The van der Waals surface area contributed by atoms with E-state index in [4.69, 9.17) is 5.26 Å². The molecule has 1 aliphatic rings. The van der Waals surface area contributed by atoms with Crippen molar-refractivity contribution in [2.24, 2.45) is 5.41 Å². The molecule has 1 heterocycles. The van der Waals surface area contributed by atoms with E-state index in [0.717, 1.165) is 32.7 Å². The molecule has 0 radical (unpaired) electrons. The van der Waals surface area contributed by atoms with Gasteiger partial charge in [-0.05, 0) is 26.0 Å². The fourth-order valence-corrected chi connectivity index (χ4v) is 2.40. The number of rotatable bonds is 3. The van der Waals surface area contributed by atoms with E-state index in [1.807, 2.05) is 13.8 Å². The maximum absolute atomic E-state index is 9.07. The van der Waals surface area contributed by atoms with Crippen molar-refractivity contribution in [2.45, 2.75) is 13.8 Å². The SMILES string of the molecule is CC(C)(C#N)CN1CCN(c2ccccc2)CC1. The molecule has 1 saturated heterocycles. The van der Waals surface area contributed by atoms with E-state index in [2.05, 4.69) is 46.2 Å². The zero-order valence-corrected chi connectivity index (χ0v) is 11.3. The van der Waals surface area contributed by atoms with Crippen LogP contribution in [0, 0.1) is 16.7 Å². The van der Waals surface area contributed by atoms with Gasteiger partial charge in [0.25, 0.3) is 0 Å². The predicted octanol–water partition coefficient (Wildman–Crippen LogP) is 2.36. The van der Waals surface area contributed by atoms with Gasteiger partial charge in [-0.3, -0.25) is 4.90 Å². The quantitative estimate of drug-likeness (QED) is 0.816. The Morgan fingerprint density at radius 2 is 1.72 bits per heavy atom. The molecule has 0 amide bonds. The second kappa shape index (κ2) is 5.41. The Balaban J connectivity index is 1.88. The lowest BCUT2D eigenvalue weighted by molar-refractivity contribution is 0.203. The molecule has 0 atom stereocenters. The van der Waals surface area contributed by atoms with Gasteiger partial charge in [0.2, 0.25) is 0 Å². The smallest absolute Gasteiger partial charge is 0.0697 e. The fourth-order valence-electron chi connectivity index (χ4n) is 2.40. The largest absolute Gasteiger partial charge is 0.369 e. The molecule has 0 bridgehead atoms. The topological polar surface area (TPSA) is 30.3 Å². The summed E-state index contributed by atoms with van der Waals surface area (Å²) in [6.45, 7) is 9.07. The highest BCUT2D eigenvalue weighted by Crippen LogP contribution is 2.19. The summed E-state index contributed by atoms with van der Waals surface area (Å²) >= 11 is 0. The Morgan fingerprint density at radius 1 is 1.11 bits per heavy atom. The summed E-state index contributed by atoms with van der Waals surface area (Å²) in [6.07, 6.45) is 0. The van der Waals surface area contributed by atoms with Crippen LogP contribution in [0.4, 0.5) is 5.69 Å². The Hall–Kier alpha value is -1.53. The highest BCUT2D eigenvalue weighted by molar-refractivity contribution is 5.46. The fraction of sp³-hybridized carbons (Fsp3) is 0.533. The molecule has 1 aliphatic heterocycles. The van der Waals surface area contributed by atoms with Crippen LogP contribution in [-0.4, -0.2) is 37.6 Å². The number of para-hydroxylation sites is 1. The molecule has 1 fully saturated rings. The first kappa shape index (κ1) is 12.9. The van der Waals surface area contributed by atoms with E-state index in [9.17, 15) is 0 Å². The van der Waals surface area contributed by atoms with E-state index in [1.165, 1.54) is 5.69 Å². The summed E-state index contributed by atoms with van der Waals surface area (Å²) in [5.41, 5.74) is 1.06. The minimum Gasteiger partial charge on any atom is -0.369 e. The van der Waals surface area contributed by atoms with Gasteiger partial charge in [-0.2, -0.15) is 5.26 Å². The third-order valence-electron chi connectivity index (χ3n) is 3.42. The first-order valence-electron chi connectivity index (χ1n) is 6.54. The van der Waals surface area contributed by atoms with E-state index in [1.54, 1.807) is 0 Å². The van der Waals surface area contributed by atoms with Crippen molar-refractivity contribution in [3.8, 4) is 6.07 Å². The van der Waals surface area contributed by atoms with Gasteiger partial charge in [0.1, 0.15) is 0 Å². The number of nitrogens with zero attached hydrogens (tertiary/aromatic N) is 3. The molecule has 3 heteroatoms. The second-order valence-electron chi connectivity index (χ2n) is 5.59. The number of anilines is 1. The Labute approximate surface area is 110 Å². The van der Waals surface area contributed by atoms with Gasteiger partial charge in [0.05, 0.1) is 11.5 Å². The van der Waals surface area contributed by atoms with Gasteiger partial charge < -0.3 is 4.90 Å². The number of nitriles is 1. The molecule has 18 heavy (non-hydrogen) atoms. The average Bonchev–Trinajstić information content (AvgIpc) is 2.40. The molecule has 0 N–H and O–H groups in total. The first-order chi connectivity index (χ1) is 8.61. The molecule has 0 saturated carbocycles. The Bertz CT molecular complexity index is 411. The van der Waals surface area contributed by atoms with Crippen LogP contribution in [0.1, 0.15) is 13.8 Å². The lowest BCUT2D eigenvalue weighted by atomic mass is 9.95. The highest BCUT2D eigenvalue weighted by atomic mass is 15.3. The van der Waals surface area contributed by atoms with Crippen LogP contribution in [0.2, 0.25) is 0 Å². The molecule has 96 valence electrons. The van der Waals surface area contributed by atoms with Crippen molar-refractivity contribution in [1.82, 2.24) is 4.90 Å². The summed E-state index contributed by atoms with van der Waals surface area (Å²) in [5.74, 6) is 0. The van der Waals surface area contributed by atoms with Crippen molar-refractivity contribution in [2.75, 3.05) is 37.6 Å². The van der Waals surface area contributed by atoms with Gasteiger partial charge >= 0.3 is 0 Å². The lowest BCUT2D eigenvalue weighted by Crippen LogP contribution is -2.48. The van der Waals surface area contributed by atoms with Crippen molar-refractivity contribution < 1.29 is 0 Å². The van der Waals surface area contributed by atoms with Crippen LogP contribution < -0.4 is 4.90 Å². The minimum atomic E-state index is -0.241. The molecule has 1 aromatic carbocycles. The van der Waals surface area contributed by atoms with Gasteiger partial charge in [-0.1, -0.05) is 18.2 Å². The molecule has 0 aromatic heterocycles. The molecular formula is C15H21N3. The number of piperazine rings is 1. The van der Waals surface area contributed by atoms with Crippen molar-refractivity contribution in [3.63, 3.8) is 0 Å². The highest BCUT2D eigenvalue weighted by Gasteiger charge is 2.24. The van der Waals surface area contributed by atoms with Crippen molar-refractivity contribution >= 4 is 5.69 Å². The number of hydrogen-bond acceptors (Lipinski definition) is 3. The first-order valence-corrected chi connectivity index (χ1v) is 6.54. The summed E-state index contributed by atoms with van der Waals surface area (Å²) in [5, 5.41) is 9.07. The molecule has 3 nitrogen and oxygen atoms in total. The van der Waals surface area contributed by atoms with Crippen molar-refractivity contribution in [1.29, 1.82) is 5.26 Å². The maximum atomic E-state index is 9.07. The summed E-state index contributed by atoms with van der Waals surface area (Å²) in [6, 6.07) is 12.9. The summed E-state index contributed by atoms with van der Waals surface area (Å²) in [4.78, 5) is 4.80. The molecule has 2 rings (SSSR count). The normalized spacial score (nSPS) is 17.5. The predicted molar refractivity (Wildman–Crippen MR) is 74.5 cm³/mol. The van der Waals surface area contributed by atoms with Gasteiger partial charge in [-0.25, -0.2) is 0 Å². The van der Waals surface area contributed by atoms with Crippen LogP contribution in [-0.2, 0) is 0 Å². The van der Waals surface area contributed by atoms with E-state index < -0.39 is 0 Å². The van der Waals surface area contributed by atoms with Crippen LogP contribution in [0.3, 0.4) is 0 Å². The Kier molecular flexibility index (Phi) is 3.88. The van der Waals surface area contributed by atoms with Crippen LogP contribution >= 0.6 is 0 Å². The van der Waals surface area contributed by atoms with Crippen LogP contribution in [0.25, 0.3) is 0 Å². The van der Waals surface area contributed by atoms with Gasteiger partial charge in [-0.15, -0.1) is 0 Å². The monoisotopic (exact) mass is 243 g/mol. The second-order valence-corrected chi connectivity index (χ2v) is 5.59. The standard InChI is InChI=1S/C15H21N3/c1-15(2,12-16)13-17-8-10-18(11-9-17)14-6-4-3-5-7-14/h3-7H,8-11,13H2,1-2H3. The van der Waals surface area contributed by atoms with Crippen LogP contribution in [0.15, 0.2) is 30.3 Å². The number of hydrogen-bond donors (Lipinski definition) is 0. The van der Waals surface area contributed by atoms with Crippen molar-refractivity contribution in [3.05, 3.63) is 30.3 Å². The van der Waals surface area contributed by atoms with E-state index in [0.29, 0.717) is 0 Å². The molecule has 0 spiro atoms. The summed E-state index contributed by atoms with van der Waals surface area (Å²) < 4.78 is 0. The molecule has 1 aromatic rings. The third-order valence-corrected chi connectivity index (χ3v) is 3.42. The van der Waals surface area contributed by atoms with E-state index >= 15 is 0 Å². The summed E-state index contributed by atoms with van der Waals surface area (Å²) in [7, 11) is 0. The molecule has 0 unspecified atom stereocenters. The zero-order valence-electron chi connectivity index (χ0n) is 11.3. The number of benzene rings is 1. The Morgan fingerprint density at radius 3 is 2.28 bits per heavy atom. The third kappa shape index (κ3) is 3.24. The van der Waals surface area contributed by atoms with Gasteiger partial charge in [0.15, 0.2) is 0 Å². The molecule has 0 aliphatic carbocycles. The molecular weight excluding hydrogens is 222 g/mol.